The van der Waals surface area contributed by atoms with Gasteiger partial charge in [0.25, 0.3) is 0 Å². The van der Waals surface area contributed by atoms with Gasteiger partial charge in [0.1, 0.15) is 5.75 Å². The topological polar surface area (TPSA) is 58.6 Å². The highest BCUT2D eigenvalue weighted by Crippen LogP contribution is 2.20. The molecule has 2 atom stereocenters. The van der Waals surface area contributed by atoms with Gasteiger partial charge in [-0.15, -0.1) is 0 Å². The maximum absolute atomic E-state index is 12.4. The van der Waals surface area contributed by atoms with E-state index in [1.165, 1.54) is 0 Å². The first kappa shape index (κ1) is 16.0. The van der Waals surface area contributed by atoms with E-state index in [4.69, 9.17) is 4.74 Å². The van der Waals surface area contributed by atoms with Gasteiger partial charge in [0, 0.05) is 0 Å². The molecule has 1 amide bonds. The molecule has 2 N–H and O–H groups in total. The molecule has 4 heteroatoms. The Morgan fingerprint density at radius 3 is 2.27 bits per heavy atom. The summed E-state index contributed by atoms with van der Waals surface area (Å²) in [6.07, 6.45) is 0. The van der Waals surface area contributed by atoms with Crippen LogP contribution in [0.1, 0.15) is 30.0 Å². The van der Waals surface area contributed by atoms with Gasteiger partial charge in [0.2, 0.25) is 5.91 Å². The summed E-state index contributed by atoms with van der Waals surface area (Å²) in [5.74, 6) is 0.360. The number of benzene rings is 2. The molecule has 4 nitrogen and oxygen atoms in total. The predicted molar refractivity (Wildman–Crippen MR) is 85.8 cm³/mol. The number of aliphatic hydroxyl groups excluding tert-OH is 1. The van der Waals surface area contributed by atoms with Crippen LogP contribution < -0.4 is 10.1 Å². The summed E-state index contributed by atoms with van der Waals surface area (Å²) in [6.45, 7) is 1.70. The lowest BCUT2D eigenvalue weighted by atomic mass is 9.99. The molecule has 0 aliphatic heterocycles. The number of carbonyl (C=O) groups is 1. The van der Waals surface area contributed by atoms with E-state index >= 15 is 0 Å². The molecule has 0 heterocycles. The molecule has 2 aromatic carbocycles. The molecular weight excluding hydrogens is 278 g/mol. The molecule has 116 valence electrons. The maximum atomic E-state index is 12.4. The van der Waals surface area contributed by atoms with E-state index in [0.29, 0.717) is 0 Å². The van der Waals surface area contributed by atoms with Gasteiger partial charge in [0.05, 0.1) is 25.7 Å². The molecule has 2 rings (SSSR count). The average molecular weight is 299 g/mol. The van der Waals surface area contributed by atoms with Gasteiger partial charge in [-0.25, -0.2) is 0 Å². The van der Waals surface area contributed by atoms with Crippen molar-refractivity contribution in [1.82, 2.24) is 5.32 Å². The highest BCUT2D eigenvalue weighted by atomic mass is 16.5. The Hall–Kier alpha value is -2.33. The third-order valence-electron chi connectivity index (χ3n) is 3.71. The van der Waals surface area contributed by atoms with Crippen molar-refractivity contribution < 1.29 is 14.6 Å². The maximum Gasteiger partial charge on any atom is 0.227 e. The molecule has 0 radical (unpaired) electrons. The first-order valence-electron chi connectivity index (χ1n) is 7.26. The number of hydrogen-bond acceptors (Lipinski definition) is 3. The van der Waals surface area contributed by atoms with Crippen molar-refractivity contribution in [1.29, 1.82) is 0 Å². The van der Waals surface area contributed by atoms with Gasteiger partial charge in [-0.05, 0) is 30.2 Å². The minimum Gasteiger partial charge on any atom is -0.497 e. The summed E-state index contributed by atoms with van der Waals surface area (Å²) in [7, 11) is 1.60. The summed E-state index contributed by atoms with van der Waals surface area (Å²) in [5.41, 5.74) is 1.79. The summed E-state index contributed by atoms with van der Waals surface area (Å²) >= 11 is 0. The van der Waals surface area contributed by atoms with E-state index in [2.05, 4.69) is 5.32 Å². The van der Waals surface area contributed by atoms with Gasteiger partial charge < -0.3 is 15.2 Å². The Labute approximate surface area is 130 Å². The van der Waals surface area contributed by atoms with E-state index < -0.39 is 6.04 Å². The van der Waals surface area contributed by atoms with Crippen LogP contribution in [-0.4, -0.2) is 24.7 Å². The van der Waals surface area contributed by atoms with E-state index in [1.807, 2.05) is 61.5 Å². The second-order valence-corrected chi connectivity index (χ2v) is 5.15. The van der Waals surface area contributed by atoms with Crippen LogP contribution in [0.2, 0.25) is 0 Å². The number of hydrogen-bond donors (Lipinski definition) is 2. The Bertz CT molecular complexity index is 595. The van der Waals surface area contributed by atoms with Crippen LogP contribution in [0.15, 0.2) is 54.6 Å². The highest BCUT2D eigenvalue weighted by Gasteiger charge is 2.19. The minimum atomic E-state index is -0.426. The van der Waals surface area contributed by atoms with Crippen LogP contribution in [0, 0.1) is 0 Å². The normalized spacial score (nSPS) is 13.2. The van der Waals surface area contributed by atoms with Gasteiger partial charge in [-0.2, -0.15) is 0 Å². The summed E-state index contributed by atoms with van der Waals surface area (Å²) in [4.78, 5) is 12.4. The largest absolute Gasteiger partial charge is 0.497 e. The molecule has 0 aliphatic rings. The zero-order valence-electron chi connectivity index (χ0n) is 12.8. The monoisotopic (exact) mass is 299 g/mol. The first-order chi connectivity index (χ1) is 10.7. The van der Waals surface area contributed by atoms with Crippen molar-refractivity contribution >= 4 is 5.91 Å². The molecule has 0 saturated heterocycles. The molecule has 0 unspecified atom stereocenters. The number of ether oxygens (including phenoxy) is 1. The fourth-order valence-corrected chi connectivity index (χ4v) is 2.26. The minimum absolute atomic E-state index is 0.110. The first-order valence-corrected chi connectivity index (χ1v) is 7.26. The van der Waals surface area contributed by atoms with Crippen molar-refractivity contribution in [2.24, 2.45) is 0 Å². The smallest absolute Gasteiger partial charge is 0.227 e. The van der Waals surface area contributed by atoms with Gasteiger partial charge in [-0.3, -0.25) is 4.79 Å². The quantitative estimate of drug-likeness (QED) is 0.862. The number of nitrogens with one attached hydrogen (secondary N) is 1. The third-order valence-corrected chi connectivity index (χ3v) is 3.71. The van der Waals surface area contributed by atoms with E-state index in [-0.39, 0.29) is 18.4 Å². The van der Waals surface area contributed by atoms with Crippen LogP contribution in [0.4, 0.5) is 0 Å². The molecule has 2 aromatic rings. The second-order valence-electron chi connectivity index (χ2n) is 5.15. The standard InChI is InChI=1S/C18H21NO3/c1-13(14-6-4-3-5-7-14)18(21)19-17(12-20)15-8-10-16(22-2)11-9-15/h3-11,13,17,20H,12H2,1-2H3,(H,19,21)/t13-,17-/m0/s1. The molecule has 0 bridgehead atoms. The lowest BCUT2D eigenvalue weighted by Crippen LogP contribution is -2.33. The van der Waals surface area contributed by atoms with Crippen LogP contribution in [0.3, 0.4) is 0 Å². The van der Waals surface area contributed by atoms with Gasteiger partial charge >= 0.3 is 0 Å². The fourth-order valence-electron chi connectivity index (χ4n) is 2.26. The van der Waals surface area contributed by atoms with Crippen molar-refractivity contribution in [2.75, 3.05) is 13.7 Å². The lowest BCUT2D eigenvalue weighted by Gasteiger charge is -2.20. The summed E-state index contributed by atoms with van der Waals surface area (Å²) in [6, 6.07) is 16.5. The van der Waals surface area contributed by atoms with E-state index in [1.54, 1.807) is 7.11 Å². The second kappa shape index (κ2) is 7.61. The zero-order valence-corrected chi connectivity index (χ0v) is 12.8. The van der Waals surface area contributed by atoms with Crippen LogP contribution in [0.5, 0.6) is 5.75 Å². The Morgan fingerprint density at radius 1 is 1.09 bits per heavy atom. The molecule has 0 saturated carbocycles. The fraction of sp³-hybridized carbons (Fsp3) is 0.278. The van der Waals surface area contributed by atoms with Gasteiger partial charge in [-0.1, -0.05) is 42.5 Å². The number of methoxy groups -OCH3 is 1. The third kappa shape index (κ3) is 3.86. The van der Waals surface area contributed by atoms with E-state index in [9.17, 15) is 9.90 Å². The lowest BCUT2D eigenvalue weighted by molar-refractivity contribution is -0.123. The van der Waals surface area contributed by atoms with Crippen LogP contribution >= 0.6 is 0 Å². The van der Waals surface area contributed by atoms with Crippen molar-refractivity contribution in [2.45, 2.75) is 18.9 Å². The molecule has 0 fully saturated rings. The Balaban J connectivity index is 2.07. The predicted octanol–water partition coefficient (Wildman–Crippen LogP) is 2.65. The molecule has 0 aromatic heterocycles. The SMILES string of the molecule is COc1ccc([C@H](CO)NC(=O)[C@@H](C)c2ccccc2)cc1. The van der Waals surface area contributed by atoms with Gasteiger partial charge in [0.15, 0.2) is 0 Å². The summed E-state index contributed by atoms with van der Waals surface area (Å²) < 4.78 is 5.11. The number of rotatable bonds is 6. The molecule has 22 heavy (non-hydrogen) atoms. The van der Waals surface area contributed by atoms with E-state index in [0.717, 1.165) is 16.9 Å². The van der Waals surface area contributed by atoms with Crippen molar-refractivity contribution in [3.8, 4) is 5.75 Å². The highest BCUT2D eigenvalue weighted by molar-refractivity contribution is 5.83. The Morgan fingerprint density at radius 2 is 1.73 bits per heavy atom. The zero-order chi connectivity index (χ0) is 15.9. The number of carbonyl (C=O) groups excluding carboxylic acids is 1. The van der Waals surface area contributed by atoms with Crippen LogP contribution in [0.25, 0.3) is 0 Å². The summed E-state index contributed by atoms with van der Waals surface area (Å²) in [5, 5.41) is 12.5. The molecule has 0 spiro atoms. The van der Waals surface area contributed by atoms with Crippen molar-refractivity contribution in [3.63, 3.8) is 0 Å². The molecule has 0 aliphatic carbocycles. The number of aliphatic hydroxyl groups is 1. The Kier molecular flexibility index (Phi) is 5.55. The average Bonchev–Trinajstić information content (AvgIpc) is 2.59. The molecular formula is C18H21NO3. The van der Waals surface area contributed by atoms with Crippen LogP contribution in [-0.2, 0) is 4.79 Å². The number of amides is 1. The van der Waals surface area contributed by atoms with Crippen molar-refractivity contribution in [3.05, 3.63) is 65.7 Å².